The van der Waals surface area contributed by atoms with E-state index in [1.807, 2.05) is 18.7 Å². The van der Waals surface area contributed by atoms with E-state index >= 15 is 0 Å². The maximum absolute atomic E-state index is 13.0. The Bertz CT molecular complexity index is 968. The third-order valence-electron chi connectivity index (χ3n) is 4.57. The fourth-order valence-corrected chi connectivity index (χ4v) is 4.34. The standard InChI is InChI=1S/C21H20N2O3S2/c1-3-23(4-2)21(27)28-12-17(24)22-16-11-7-10-15-18(16)20(26)14-9-6-5-8-13(14)19(15)25/h5-11H,3-4,12H2,1-2H3,(H,22,24). The molecule has 0 aliphatic heterocycles. The zero-order chi connectivity index (χ0) is 20.3. The molecule has 0 unspecified atom stereocenters. The summed E-state index contributed by atoms with van der Waals surface area (Å²) in [6.07, 6.45) is 0. The Morgan fingerprint density at radius 2 is 1.57 bits per heavy atom. The van der Waals surface area contributed by atoms with Gasteiger partial charge in [0.05, 0.1) is 17.0 Å². The molecule has 1 aliphatic carbocycles. The molecule has 1 amide bonds. The van der Waals surface area contributed by atoms with Gasteiger partial charge in [0.15, 0.2) is 11.6 Å². The summed E-state index contributed by atoms with van der Waals surface area (Å²) in [4.78, 5) is 40.1. The van der Waals surface area contributed by atoms with Gasteiger partial charge in [-0.1, -0.05) is 60.4 Å². The van der Waals surface area contributed by atoms with Crippen molar-refractivity contribution in [3.8, 4) is 0 Å². The number of nitrogens with one attached hydrogen (secondary N) is 1. The Balaban J connectivity index is 1.80. The number of carbonyl (C=O) groups is 3. The van der Waals surface area contributed by atoms with Crippen LogP contribution in [0.3, 0.4) is 0 Å². The SMILES string of the molecule is CCN(CC)C(=S)SCC(=O)Nc1cccc2c1C(=O)c1ccccc1C2=O. The molecule has 1 aliphatic rings. The average Bonchev–Trinajstić information content (AvgIpc) is 2.71. The molecule has 0 saturated carbocycles. The molecular formula is C21H20N2O3S2. The monoisotopic (exact) mass is 412 g/mol. The molecule has 0 heterocycles. The van der Waals surface area contributed by atoms with Gasteiger partial charge in [-0.3, -0.25) is 14.4 Å². The number of thiocarbonyl (C=S) groups is 1. The van der Waals surface area contributed by atoms with Crippen molar-refractivity contribution in [3.05, 3.63) is 64.7 Å². The van der Waals surface area contributed by atoms with Crippen molar-refractivity contribution in [2.24, 2.45) is 0 Å². The largest absolute Gasteiger partial charge is 0.358 e. The molecule has 0 bridgehead atoms. The van der Waals surface area contributed by atoms with Gasteiger partial charge in [0.2, 0.25) is 5.91 Å². The van der Waals surface area contributed by atoms with Crippen LogP contribution in [0.2, 0.25) is 0 Å². The lowest BCUT2D eigenvalue weighted by Gasteiger charge is -2.21. The smallest absolute Gasteiger partial charge is 0.234 e. The summed E-state index contributed by atoms with van der Waals surface area (Å²) in [6, 6.07) is 11.7. The minimum absolute atomic E-state index is 0.137. The summed E-state index contributed by atoms with van der Waals surface area (Å²) in [5.41, 5.74) is 1.66. The van der Waals surface area contributed by atoms with E-state index in [1.54, 1.807) is 42.5 Å². The number of hydrogen-bond acceptors (Lipinski definition) is 5. The number of ketones is 2. The highest BCUT2D eigenvalue weighted by Crippen LogP contribution is 2.32. The van der Waals surface area contributed by atoms with Gasteiger partial charge in [-0.25, -0.2) is 0 Å². The molecule has 2 aromatic rings. The van der Waals surface area contributed by atoms with Crippen molar-refractivity contribution >= 4 is 51.5 Å². The Labute approximate surface area is 173 Å². The molecule has 0 atom stereocenters. The number of nitrogens with zero attached hydrogens (tertiary/aromatic N) is 1. The molecule has 2 aromatic carbocycles. The topological polar surface area (TPSA) is 66.5 Å². The summed E-state index contributed by atoms with van der Waals surface area (Å²) >= 11 is 6.62. The summed E-state index contributed by atoms with van der Waals surface area (Å²) < 4.78 is 0.662. The molecule has 1 N–H and O–H groups in total. The second-order valence-corrected chi connectivity index (χ2v) is 7.82. The molecule has 3 rings (SSSR count). The third kappa shape index (κ3) is 3.86. The second-order valence-electron chi connectivity index (χ2n) is 6.21. The number of amides is 1. The highest BCUT2D eigenvalue weighted by molar-refractivity contribution is 8.23. The van der Waals surface area contributed by atoms with Gasteiger partial charge in [0.1, 0.15) is 4.32 Å². The maximum Gasteiger partial charge on any atom is 0.234 e. The molecule has 0 spiro atoms. The summed E-state index contributed by atoms with van der Waals surface area (Å²) in [7, 11) is 0. The van der Waals surface area contributed by atoms with Crippen LogP contribution in [0.5, 0.6) is 0 Å². The Hall–Kier alpha value is -2.51. The molecule has 0 aromatic heterocycles. The lowest BCUT2D eigenvalue weighted by atomic mass is 9.83. The minimum atomic E-state index is -0.271. The molecule has 0 saturated heterocycles. The first-order chi connectivity index (χ1) is 13.5. The summed E-state index contributed by atoms with van der Waals surface area (Å²) in [5.74, 6) is -0.602. The first-order valence-corrected chi connectivity index (χ1v) is 10.4. The number of rotatable bonds is 5. The highest BCUT2D eigenvalue weighted by atomic mass is 32.2. The fourth-order valence-electron chi connectivity index (χ4n) is 3.14. The highest BCUT2D eigenvalue weighted by Gasteiger charge is 2.31. The van der Waals surface area contributed by atoms with Crippen LogP contribution >= 0.6 is 24.0 Å². The number of thioether (sulfide) groups is 1. The van der Waals surface area contributed by atoms with Crippen molar-refractivity contribution in [2.75, 3.05) is 24.2 Å². The third-order valence-corrected chi connectivity index (χ3v) is 6.10. The number of fused-ring (bicyclic) bond motifs is 2. The summed E-state index contributed by atoms with van der Waals surface area (Å²) in [6.45, 7) is 5.58. The van der Waals surface area contributed by atoms with Crippen molar-refractivity contribution in [3.63, 3.8) is 0 Å². The van der Waals surface area contributed by atoms with E-state index in [9.17, 15) is 14.4 Å². The zero-order valence-electron chi connectivity index (χ0n) is 15.7. The van der Waals surface area contributed by atoms with E-state index in [2.05, 4.69) is 5.32 Å². The van der Waals surface area contributed by atoms with Crippen molar-refractivity contribution < 1.29 is 14.4 Å². The molecule has 0 fully saturated rings. The predicted molar refractivity (Wildman–Crippen MR) is 116 cm³/mol. The van der Waals surface area contributed by atoms with Crippen LogP contribution in [-0.4, -0.2) is 45.5 Å². The Kier molecular flexibility index (Phi) is 6.26. The fraction of sp³-hybridized carbons (Fsp3) is 0.238. The van der Waals surface area contributed by atoms with Crippen LogP contribution in [0.4, 0.5) is 5.69 Å². The van der Waals surface area contributed by atoms with Crippen LogP contribution in [0.15, 0.2) is 42.5 Å². The van der Waals surface area contributed by atoms with Crippen LogP contribution in [0, 0.1) is 0 Å². The molecular weight excluding hydrogens is 392 g/mol. The van der Waals surface area contributed by atoms with Gasteiger partial charge < -0.3 is 10.2 Å². The minimum Gasteiger partial charge on any atom is -0.358 e. The van der Waals surface area contributed by atoms with Crippen LogP contribution in [-0.2, 0) is 4.79 Å². The lowest BCUT2D eigenvalue weighted by Crippen LogP contribution is -2.28. The molecule has 5 nitrogen and oxygen atoms in total. The number of hydrogen-bond donors (Lipinski definition) is 1. The predicted octanol–water partition coefficient (Wildman–Crippen LogP) is 3.76. The van der Waals surface area contributed by atoms with Crippen LogP contribution in [0.25, 0.3) is 0 Å². The van der Waals surface area contributed by atoms with Gasteiger partial charge >= 0.3 is 0 Å². The van der Waals surface area contributed by atoms with Gasteiger partial charge in [-0.2, -0.15) is 0 Å². The quantitative estimate of drug-likeness (QED) is 0.644. The van der Waals surface area contributed by atoms with Crippen molar-refractivity contribution in [1.82, 2.24) is 4.90 Å². The van der Waals surface area contributed by atoms with Gasteiger partial charge in [0.25, 0.3) is 0 Å². The molecule has 144 valence electrons. The van der Waals surface area contributed by atoms with Gasteiger partial charge in [0, 0.05) is 29.8 Å². The first kappa shape index (κ1) is 20.2. The number of benzene rings is 2. The second kappa shape index (κ2) is 8.67. The lowest BCUT2D eigenvalue weighted by molar-refractivity contribution is -0.113. The van der Waals surface area contributed by atoms with E-state index in [4.69, 9.17) is 12.2 Å². The van der Waals surface area contributed by atoms with E-state index in [1.165, 1.54) is 11.8 Å². The van der Waals surface area contributed by atoms with Crippen LogP contribution in [0.1, 0.15) is 45.7 Å². The van der Waals surface area contributed by atoms with Crippen LogP contribution < -0.4 is 5.32 Å². The average molecular weight is 413 g/mol. The zero-order valence-corrected chi connectivity index (χ0v) is 17.3. The van der Waals surface area contributed by atoms with E-state index in [0.717, 1.165) is 13.1 Å². The van der Waals surface area contributed by atoms with E-state index in [-0.39, 0.29) is 28.8 Å². The molecule has 7 heteroatoms. The van der Waals surface area contributed by atoms with E-state index in [0.29, 0.717) is 26.7 Å². The molecule has 28 heavy (non-hydrogen) atoms. The van der Waals surface area contributed by atoms with Gasteiger partial charge in [-0.05, 0) is 19.9 Å². The normalized spacial score (nSPS) is 12.2. The molecule has 0 radical (unpaired) electrons. The Morgan fingerprint density at radius 3 is 2.21 bits per heavy atom. The van der Waals surface area contributed by atoms with Crippen molar-refractivity contribution in [1.29, 1.82) is 0 Å². The number of carbonyl (C=O) groups excluding carboxylic acids is 3. The number of anilines is 1. The Morgan fingerprint density at radius 1 is 0.964 bits per heavy atom. The van der Waals surface area contributed by atoms with Crippen molar-refractivity contribution in [2.45, 2.75) is 13.8 Å². The van der Waals surface area contributed by atoms with Gasteiger partial charge in [-0.15, -0.1) is 0 Å². The maximum atomic E-state index is 13.0. The first-order valence-electron chi connectivity index (χ1n) is 9.00. The summed E-state index contributed by atoms with van der Waals surface area (Å²) in [5, 5.41) is 2.77. The van der Waals surface area contributed by atoms with E-state index < -0.39 is 0 Å².